The molecule has 0 amide bonds. The van der Waals surface area contributed by atoms with Gasteiger partial charge in [-0.05, 0) is 44.1 Å². The molecule has 1 saturated carbocycles. The Balaban J connectivity index is 2.00. The summed E-state index contributed by atoms with van der Waals surface area (Å²) in [5.41, 5.74) is 0. The first-order chi connectivity index (χ1) is 5.27. The molecule has 64 valence electrons. The molecule has 0 aromatic carbocycles. The fourth-order valence-electron chi connectivity index (χ4n) is 2.90. The van der Waals surface area contributed by atoms with E-state index in [2.05, 4.69) is 19.2 Å². The number of hydrogen-bond acceptors (Lipinski definition) is 1. The Morgan fingerprint density at radius 1 is 1.18 bits per heavy atom. The SMILES string of the molecule is CC1CCC2C(CNC2C)C1. The highest BCUT2D eigenvalue weighted by atomic mass is 15.0. The Labute approximate surface area is 69.6 Å². The Kier molecular flexibility index (Phi) is 1.92. The van der Waals surface area contributed by atoms with Crippen molar-refractivity contribution in [3.05, 3.63) is 0 Å². The molecule has 1 aliphatic heterocycles. The molecule has 2 fully saturated rings. The molecule has 1 saturated heterocycles. The highest BCUT2D eigenvalue weighted by Crippen LogP contribution is 2.38. The van der Waals surface area contributed by atoms with Gasteiger partial charge in [0.15, 0.2) is 0 Å². The van der Waals surface area contributed by atoms with E-state index in [-0.39, 0.29) is 0 Å². The molecule has 0 spiro atoms. The lowest BCUT2D eigenvalue weighted by atomic mass is 9.74. The molecule has 1 heteroatoms. The molecule has 1 heterocycles. The number of fused-ring (bicyclic) bond motifs is 1. The summed E-state index contributed by atoms with van der Waals surface area (Å²) in [5.74, 6) is 3.00. The van der Waals surface area contributed by atoms with Gasteiger partial charge in [0, 0.05) is 6.04 Å². The summed E-state index contributed by atoms with van der Waals surface area (Å²) in [5, 5.41) is 3.58. The fraction of sp³-hybridized carbons (Fsp3) is 1.00. The minimum atomic E-state index is 0.799. The molecule has 0 radical (unpaired) electrons. The van der Waals surface area contributed by atoms with Crippen molar-refractivity contribution in [3.63, 3.8) is 0 Å². The van der Waals surface area contributed by atoms with Crippen LogP contribution in [0.25, 0.3) is 0 Å². The van der Waals surface area contributed by atoms with Gasteiger partial charge in [0.25, 0.3) is 0 Å². The minimum absolute atomic E-state index is 0.799. The maximum absolute atomic E-state index is 3.58. The topological polar surface area (TPSA) is 12.0 Å². The summed E-state index contributed by atoms with van der Waals surface area (Å²) in [6, 6.07) is 0.799. The molecule has 1 N–H and O–H groups in total. The summed E-state index contributed by atoms with van der Waals surface area (Å²) in [7, 11) is 0. The standard InChI is InChI=1S/C10H19N/c1-7-3-4-10-8(2)11-6-9(10)5-7/h7-11H,3-6H2,1-2H3. The van der Waals surface area contributed by atoms with E-state index < -0.39 is 0 Å². The van der Waals surface area contributed by atoms with E-state index in [1.165, 1.54) is 25.8 Å². The molecule has 1 aliphatic carbocycles. The zero-order chi connectivity index (χ0) is 7.84. The van der Waals surface area contributed by atoms with Crippen molar-refractivity contribution in [1.82, 2.24) is 5.32 Å². The summed E-state index contributed by atoms with van der Waals surface area (Å²) in [4.78, 5) is 0. The van der Waals surface area contributed by atoms with Gasteiger partial charge in [-0.25, -0.2) is 0 Å². The summed E-state index contributed by atoms with van der Waals surface area (Å²) < 4.78 is 0. The third-order valence-electron chi connectivity index (χ3n) is 3.65. The molecule has 4 atom stereocenters. The van der Waals surface area contributed by atoms with Crippen LogP contribution in [0.1, 0.15) is 33.1 Å². The number of nitrogens with one attached hydrogen (secondary N) is 1. The van der Waals surface area contributed by atoms with Crippen molar-refractivity contribution in [2.45, 2.75) is 39.2 Å². The maximum atomic E-state index is 3.58. The second-order valence-electron chi connectivity index (χ2n) is 4.54. The van der Waals surface area contributed by atoms with Crippen LogP contribution in [0.15, 0.2) is 0 Å². The van der Waals surface area contributed by atoms with Crippen molar-refractivity contribution in [3.8, 4) is 0 Å². The van der Waals surface area contributed by atoms with Gasteiger partial charge in [0.1, 0.15) is 0 Å². The Hall–Kier alpha value is -0.0400. The molecular weight excluding hydrogens is 134 g/mol. The van der Waals surface area contributed by atoms with Crippen molar-refractivity contribution >= 4 is 0 Å². The minimum Gasteiger partial charge on any atom is -0.314 e. The van der Waals surface area contributed by atoms with Crippen molar-refractivity contribution in [2.24, 2.45) is 17.8 Å². The molecule has 2 aliphatic rings. The first-order valence-corrected chi connectivity index (χ1v) is 5.00. The van der Waals surface area contributed by atoms with E-state index in [0.717, 1.165) is 23.8 Å². The molecule has 4 unspecified atom stereocenters. The lowest BCUT2D eigenvalue weighted by molar-refractivity contribution is 0.218. The molecule has 1 nitrogen and oxygen atoms in total. The molecule has 0 aromatic heterocycles. The first kappa shape index (κ1) is 7.60. The summed E-state index contributed by atoms with van der Waals surface area (Å²) >= 11 is 0. The van der Waals surface area contributed by atoms with Crippen LogP contribution < -0.4 is 5.32 Å². The monoisotopic (exact) mass is 153 g/mol. The summed E-state index contributed by atoms with van der Waals surface area (Å²) in [6.07, 6.45) is 4.41. The number of rotatable bonds is 0. The van der Waals surface area contributed by atoms with Crippen molar-refractivity contribution in [1.29, 1.82) is 0 Å². The zero-order valence-electron chi connectivity index (χ0n) is 7.64. The van der Waals surface area contributed by atoms with E-state index in [9.17, 15) is 0 Å². The number of hydrogen-bond donors (Lipinski definition) is 1. The van der Waals surface area contributed by atoms with Gasteiger partial charge in [-0.3, -0.25) is 0 Å². The Morgan fingerprint density at radius 3 is 2.82 bits per heavy atom. The van der Waals surface area contributed by atoms with E-state index in [4.69, 9.17) is 0 Å². The average Bonchev–Trinajstić information content (AvgIpc) is 2.32. The van der Waals surface area contributed by atoms with Crippen LogP contribution in [0.2, 0.25) is 0 Å². The van der Waals surface area contributed by atoms with Gasteiger partial charge < -0.3 is 5.32 Å². The zero-order valence-corrected chi connectivity index (χ0v) is 7.64. The van der Waals surface area contributed by atoms with Crippen LogP contribution in [0.5, 0.6) is 0 Å². The van der Waals surface area contributed by atoms with Gasteiger partial charge >= 0.3 is 0 Å². The van der Waals surface area contributed by atoms with Gasteiger partial charge in [0.05, 0.1) is 0 Å². The lowest BCUT2D eigenvalue weighted by Crippen LogP contribution is -2.26. The molecule has 11 heavy (non-hydrogen) atoms. The van der Waals surface area contributed by atoms with E-state index >= 15 is 0 Å². The molecule has 0 bridgehead atoms. The second kappa shape index (κ2) is 2.78. The fourth-order valence-corrected chi connectivity index (χ4v) is 2.90. The first-order valence-electron chi connectivity index (χ1n) is 5.00. The van der Waals surface area contributed by atoms with Crippen LogP contribution in [-0.2, 0) is 0 Å². The maximum Gasteiger partial charge on any atom is 0.00702 e. The lowest BCUT2D eigenvalue weighted by Gasteiger charge is -2.30. The smallest absolute Gasteiger partial charge is 0.00702 e. The largest absolute Gasteiger partial charge is 0.314 e. The third-order valence-corrected chi connectivity index (χ3v) is 3.65. The predicted molar refractivity (Wildman–Crippen MR) is 47.5 cm³/mol. The average molecular weight is 153 g/mol. The van der Waals surface area contributed by atoms with Crippen LogP contribution >= 0.6 is 0 Å². The molecule has 2 rings (SSSR count). The van der Waals surface area contributed by atoms with Crippen molar-refractivity contribution < 1.29 is 0 Å². The normalized spacial score (nSPS) is 50.7. The summed E-state index contributed by atoms with van der Waals surface area (Å²) in [6.45, 7) is 6.04. The van der Waals surface area contributed by atoms with Gasteiger partial charge in [-0.2, -0.15) is 0 Å². The molecular formula is C10H19N. The van der Waals surface area contributed by atoms with Crippen LogP contribution in [0, 0.1) is 17.8 Å². The molecule has 0 aromatic rings. The van der Waals surface area contributed by atoms with E-state index in [0.29, 0.717) is 0 Å². The Bertz CT molecular complexity index is 144. The van der Waals surface area contributed by atoms with Gasteiger partial charge in [0.2, 0.25) is 0 Å². The third kappa shape index (κ3) is 1.31. The quantitative estimate of drug-likeness (QED) is 0.561. The van der Waals surface area contributed by atoms with Gasteiger partial charge in [-0.1, -0.05) is 13.3 Å². The van der Waals surface area contributed by atoms with Gasteiger partial charge in [-0.15, -0.1) is 0 Å². The highest BCUT2D eigenvalue weighted by Gasteiger charge is 2.36. The second-order valence-corrected chi connectivity index (χ2v) is 4.54. The highest BCUT2D eigenvalue weighted by molar-refractivity contribution is 4.91. The predicted octanol–water partition coefficient (Wildman–Crippen LogP) is 2.03. The van der Waals surface area contributed by atoms with Crippen LogP contribution in [0.4, 0.5) is 0 Å². The van der Waals surface area contributed by atoms with Crippen LogP contribution in [0.3, 0.4) is 0 Å². The van der Waals surface area contributed by atoms with E-state index in [1.54, 1.807) is 0 Å². The van der Waals surface area contributed by atoms with Crippen LogP contribution in [-0.4, -0.2) is 12.6 Å². The van der Waals surface area contributed by atoms with Crippen molar-refractivity contribution in [2.75, 3.05) is 6.54 Å². The van der Waals surface area contributed by atoms with E-state index in [1.807, 2.05) is 0 Å². The Morgan fingerprint density at radius 2 is 2.00 bits per heavy atom.